The van der Waals surface area contributed by atoms with Gasteiger partial charge in [-0.2, -0.15) is 18.3 Å². The summed E-state index contributed by atoms with van der Waals surface area (Å²) >= 11 is 0. The lowest BCUT2D eigenvalue weighted by Crippen LogP contribution is -2.46. The van der Waals surface area contributed by atoms with Crippen LogP contribution in [0.25, 0.3) is 0 Å². The van der Waals surface area contributed by atoms with Crippen LogP contribution in [0.3, 0.4) is 0 Å². The second-order valence-corrected chi connectivity index (χ2v) is 6.36. The molecule has 1 saturated heterocycles. The molecule has 1 aliphatic heterocycles. The lowest BCUT2D eigenvalue weighted by atomic mass is 9.99. The zero-order chi connectivity index (χ0) is 17.2. The molecule has 130 valence electrons. The first-order valence-corrected chi connectivity index (χ1v) is 7.81. The van der Waals surface area contributed by atoms with Crippen LogP contribution in [0.4, 0.5) is 13.2 Å². The fourth-order valence-corrected chi connectivity index (χ4v) is 2.95. The molecule has 0 aliphatic carbocycles. The van der Waals surface area contributed by atoms with E-state index in [0.29, 0.717) is 12.5 Å². The Morgan fingerprint density at radius 2 is 2.22 bits per heavy atom. The summed E-state index contributed by atoms with van der Waals surface area (Å²) < 4.78 is 39.7. The lowest BCUT2D eigenvalue weighted by Gasteiger charge is -2.35. The van der Waals surface area contributed by atoms with Gasteiger partial charge in [-0.05, 0) is 32.2 Å². The minimum atomic E-state index is -4.64. The number of aryl methyl sites for hydroxylation is 1. The van der Waals surface area contributed by atoms with Gasteiger partial charge in [0.05, 0.1) is 5.56 Å². The molecular formula is C15H23F3N4O. The highest BCUT2D eigenvalue weighted by Gasteiger charge is 2.39. The van der Waals surface area contributed by atoms with Crippen molar-refractivity contribution in [1.29, 1.82) is 0 Å². The summed E-state index contributed by atoms with van der Waals surface area (Å²) in [4.78, 5) is 14.4. The van der Waals surface area contributed by atoms with Gasteiger partial charge in [-0.15, -0.1) is 0 Å². The Kier molecular flexibility index (Phi) is 5.33. The number of hydrogen-bond acceptors (Lipinski definition) is 3. The van der Waals surface area contributed by atoms with Gasteiger partial charge in [0.15, 0.2) is 5.69 Å². The van der Waals surface area contributed by atoms with Crippen LogP contribution < -0.4 is 5.32 Å². The van der Waals surface area contributed by atoms with Gasteiger partial charge in [0.25, 0.3) is 5.91 Å². The lowest BCUT2D eigenvalue weighted by molar-refractivity contribution is -0.141. The summed E-state index contributed by atoms with van der Waals surface area (Å²) in [5.41, 5.74) is -1.57. The van der Waals surface area contributed by atoms with Crippen molar-refractivity contribution in [3.8, 4) is 0 Å². The van der Waals surface area contributed by atoms with E-state index in [1.165, 1.54) is 13.5 Å². The van der Waals surface area contributed by atoms with Crippen molar-refractivity contribution in [2.24, 2.45) is 13.0 Å². The Balaban J connectivity index is 1.97. The van der Waals surface area contributed by atoms with E-state index < -0.39 is 23.3 Å². The molecule has 1 amide bonds. The molecule has 0 aromatic carbocycles. The molecule has 2 heterocycles. The van der Waals surface area contributed by atoms with Crippen LogP contribution >= 0.6 is 0 Å². The minimum Gasteiger partial charge on any atom is -0.350 e. The van der Waals surface area contributed by atoms with Crippen LogP contribution in [0.5, 0.6) is 0 Å². The standard InChI is InChI=1S/C15H23F3N4O/c1-10-5-4-6-22(8-10)11(2)7-19-14(23)12-9-21(3)20-13(12)15(16,17)18/h9-11H,4-8H2,1-3H3,(H,19,23)/t10-,11+/m1/s1. The van der Waals surface area contributed by atoms with Crippen molar-refractivity contribution in [2.75, 3.05) is 19.6 Å². The monoisotopic (exact) mass is 332 g/mol. The molecule has 2 rings (SSSR count). The Bertz CT molecular complexity index is 555. The van der Waals surface area contributed by atoms with Crippen molar-refractivity contribution in [3.05, 3.63) is 17.5 Å². The van der Waals surface area contributed by atoms with E-state index in [1.54, 1.807) is 0 Å². The predicted molar refractivity (Wildman–Crippen MR) is 80.0 cm³/mol. The summed E-state index contributed by atoms with van der Waals surface area (Å²) in [6.45, 7) is 6.40. The van der Waals surface area contributed by atoms with Crippen LogP contribution in [-0.2, 0) is 13.2 Å². The number of hydrogen-bond donors (Lipinski definition) is 1. The third kappa shape index (κ3) is 4.46. The maximum atomic E-state index is 12.9. The van der Waals surface area contributed by atoms with E-state index in [1.807, 2.05) is 6.92 Å². The first-order valence-electron chi connectivity index (χ1n) is 7.81. The average Bonchev–Trinajstić information content (AvgIpc) is 2.86. The highest BCUT2D eigenvalue weighted by atomic mass is 19.4. The smallest absolute Gasteiger partial charge is 0.350 e. The molecule has 8 heteroatoms. The van der Waals surface area contributed by atoms with Crippen LogP contribution in [0.1, 0.15) is 42.7 Å². The fraction of sp³-hybridized carbons (Fsp3) is 0.733. The summed E-state index contributed by atoms with van der Waals surface area (Å²) in [6, 6.07) is 0.0905. The molecular weight excluding hydrogens is 309 g/mol. The number of likely N-dealkylation sites (tertiary alicyclic amines) is 1. The molecule has 1 fully saturated rings. The van der Waals surface area contributed by atoms with Crippen molar-refractivity contribution in [3.63, 3.8) is 0 Å². The van der Waals surface area contributed by atoms with Gasteiger partial charge in [-0.3, -0.25) is 14.4 Å². The van der Waals surface area contributed by atoms with E-state index in [2.05, 4.69) is 22.2 Å². The number of nitrogens with zero attached hydrogens (tertiary/aromatic N) is 3. The topological polar surface area (TPSA) is 50.2 Å². The number of aromatic nitrogens is 2. The Morgan fingerprint density at radius 3 is 2.83 bits per heavy atom. The predicted octanol–water partition coefficient (Wildman–Crippen LogP) is 2.29. The number of carbonyl (C=O) groups is 1. The number of rotatable bonds is 4. The number of alkyl halides is 3. The molecule has 0 radical (unpaired) electrons. The normalized spacial score (nSPS) is 21.2. The molecule has 2 atom stereocenters. The number of nitrogens with one attached hydrogen (secondary N) is 1. The molecule has 1 aromatic heterocycles. The van der Waals surface area contributed by atoms with Crippen LogP contribution in [0, 0.1) is 5.92 Å². The van der Waals surface area contributed by atoms with Gasteiger partial charge in [0.1, 0.15) is 0 Å². The summed E-state index contributed by atoms with van der Waals surface area (Å²) in [5.74, 6) is -0.126. The van der Waals surface area contributed by atoms with E-state index in [4.69, 9.17) is 0 Å². The highest BCUT2D eigenvalue weighted by Crippen LogP contribution is 2.30. The van der Waals surface area contributed by atoms with Crippen molar-refractivity contribution < 1.29 is 18.0 Å². The SMILES string of the molecule is C[C@@H]1CCCN([C@@H](C)CNC(=O)c2cn(C)nc2C(F)(F)F)C1. The van der Waals surface area contributed by atoms with Gasteiger partial charge in [0.2, 0.25) is 0 Å². The molecule has 0 unspecified atom stereocenters. The largest absolute Gasteiger partial charge is 0.435 e. The maximum Gasteiger partial charge on any atom is 0.435 e. The van der Waals surface area contributed by atoms with E-state index in [-0.39, 0.29) is 6.04 Å². The van der Waals surface area contributed by atoms with Gasteiger partial charge in [-0.1, -0.05) is 6.92 Å². The average molecular weight is 332 g/mol. The Morgan fingerprint density at radius 1 is 1.52 bits per heavy atom. The highest BCUT2D eigenvalue weighted by molar-refractivity contribution is 5.95. The van der Waals surface area contributed by atoms with Crippen molar-refractivity contribution >= 4 is 5.91 Å². The second kappa shape index (κ2) is 6.90. The third-order valence-corrected chi connectivity index (χ3v) is 4.21. The molecule has 23 heavy (non-hydrogen) atoms. The summed E-state index contributed by atoms with van der Waals surface area (Å²) in [5, 5.41) is 5.95. The van der Waals surface area contributed by atoms with E-state index in [9.17, 15) is 18.0 Å². The van der Waals surface area contributed by atoms with Gasteiger partial charge in [0, 0.05) is 32.4 Å². The minimum absolute atomic E-state index is 0.0905. The Labute approximate surface area is 133 Å². The van der Waals surface area contributed by atoms with E-state index in [0.717, 1.165) is 30.4 Å². The van der Waals surface area contributed by atoms with Crippen LogP contribution in [0.2, 0.25) is 0 Å². The first-order chi connectivity index (χ1) is 10.7. The van der Waals surface area contributed by atoms with Crippen molar-refractivity contribution in [2.45, 2.75) is 38.9 Å². The van der Waals surface area contributed by atoms with E-state index >= 15 is 0 Å². The molecule has 0 spiro atoms. The second-order valence-electron chi connectivity index (χ2n) is 6.36. The molecule has 5 nitrogen and oxygen atoms in total. The summed E-state index contributed by atoms with van der Waals surface area (Å²) in [7, 11) is 1.36. The molecule has 1 aromatic rings. The fourth-order valence-electron chi connectivity index (χ4n) is 2.95. The molecule has 0 saturated carbocycles. The molecule has 0 bridgehead atoms. The van der Waals surface area contributed by atoms with Crippen LogP contribution in [-0.4, -0.2) is 46.3 Å². The number of amides is 1. The number of piperidine rings is 1. The van der Waals surface area contributed by atoms with Gasteiger partial charge in [-0.25, -0.2) is 0 Å². The van der Waals surface area contributed by atoms with Gasteiger partial charge >= 0.3 is 6.18 Å². The number of halogens is 3. The summed E-state index contributed by atoms with van der Waals surface area (Å²) in [6.07, 6.45) is -1.23. The van der Waals surface area contributed by atoms with Crippen molar-refractivity contribution in [1.82, 2.24) is 20.0 Å². The molecule has 1 aliphatic rings. The van der Waals surface area contributed by atoms with Gasteiger partial charge < -0.3 is 5.32 Å². The zero-order valence-electron chi connectivity index (χ0n) is 13.7. The third-order valence-electron chi connectivity index (χ3n) is 4.21. The zero-order valence-corrected chi connectivity index (χ0v) is 13.7. The quantitative estimate of drug-likeness (QED) is 0.920. The molecule has 1 N–H and O–H groups in total. The number of carbonyl (C=O) groups excluding carboxylic acids is 1. The Hall–Kier alpha value is -1.57. The first kappa shape index (κ1) is 17.8. The van der Waals surface area contributed by atoms with Crippen LogP contribution in [0.15, 0.2) is 6.20 Å². The maximum absolute atomic E-state index is 12.9.